The summed E-state index contributed by atoms with van der Waals surface area (Å²) in [5.74, 6) is 0.288. The zero-order valence-corrected chi connectivity index (χ0v) is 34.3. The van der Waals surface area contributed by atoms with Gasteiger partial charge >= 0.3 is 17.9 Å². The van der Waals surface area contributed by atoms with Gasteiger partial charge in [0.15, 0.2) is 18.1 Å². The van der Waals surface area contributed by atoms with Crippen molar-refractivity contribution in [2.75, 3.05) is 30.3 Å². The van der Waals surface area contributed by atoms with Gasteiger partial charge in [0.1, 0.15) is 6.61 Å². The van der Waals surface area contributed by atoms with Gasteiger partial charge < -0.3 is 39.2 Å². The van der Waals surface area contributed by atoms with Crippen molar-refractivity contribution in [2.45, 2.75) is 86.0 Å². The number of nitrogens with zero attached hydrogens (tertiary/aromatic N) is 4. The van der Waals surface area contributed by atoms with Crippen molar-refractivity contribution in [1.29, 1.82) is 0 Å². The molecule has 3 aliphatic heterocycles. The zero-order chi connectivity index (χ0) is 41.2. The Balaban J connectivity index is 1.20. The number of rotatable bonds is 6. The highest BCUT2D eigenvalue weighted by molar-refractivity contribution is 6.31. The minimum Gasteiger partial charge on any atom is -0.458 e. The Labute approximate surface area is 342 Å². The summed E-state index contributed by atoms with van der Waals surface area (Å²) >= 11 is 6.77. The maximum absolute atomic E-state index is 13.4. The van der Waals surface area contributed by atoms with E-state index in [-0.39, 0.29) is 49.1 Å². The molecule has 58 heavy (non-hydrogen) atoms. The van der Waals surface area contributed by atoms with Gasteiger partial charge in [0.2, 0.25) is 11.9 Å². The predicted octanol–water partition coefficient (Wildman–Crippen LogP) is 8.56. The molecule has 0 aliphatic carbocycles. The summed E-state index contributed by atoms with van der Waals surface area (Å²) in [4.78, 5) is 53.5. The second-order valence-electron chi connectivity index (χ2n) is 15.5. The van der Waals surface area contributed by atoms with Crippen LogP contribution in [0.15, 0.2) is 80.4 Å². The molecule has 0 fully saturated rings. The van der Waals surface area contributed by atoms with Crippen LogP contribution in [0.25, 0.3) is 0 Å². The Morgan fingerprint density at radius 2 is 1.67 bits per heavy atom. The number of halogens is 1. The summed E-state index contributed by atoms with van der Waals surface area (Å²) < 4.78 is 21.5. The minimum absolute atomic E-state index is 0.144. The molecule has 5 aromatic rings. The number of hydrogen-bond acceptors (Lipinski definition) is 12. The van der Waals surface area contributed by atoms with Gasteiger partial charge in [-0.2, -0.15) is 15.0 Å². The van der Waals surface area contributed by atoms with Crippen molar-refractivity contribution in [3.05, 3.63) is 122 Å². The predicted molar refractivity (Wildman–Crippen MR) is 221 cm³/mol. The van der Waals surface area contributed by atoms with Crippen LogP contribution in [0.3, 0.4) is 0 Å². The molecule has 2 aromatic heterocycles. The number of fused-ring (bicyclic) bond motifs is 2. The van der Waals surface area contributed by atoms with Crippen molar-refractivity contribution >= 4 is 41.2 Å². The molecule has 3 aromatic carbocycles. The normalized spacial score (nSPS) is 15.2. The van der Waals surface area contributed by atoms with Gasteiger partial charge in [-0.25, -0.2) is 9.59 Å². The number of aromatic nitrogens is 3. The van der Waals surface area contributed by atoms with Crippen LogP contribution in [0.5, 0.6) is 6.01 Å². The van der Waals surface area contributed by atoms with Crippen LogP contribution in [0.2, 0.25) is 5.02 Å². The van der Waals surface area contributed by atoms with Crippen LogP contribution in [-0.4, -0.2) is 51.5 Å². The number of carbonyl (C=O) groups is 2. The second kappa shape index (κ2) is 19.0. The number of benzene rings is 3. The molecule has 3 N–H and O–H groups in total. The number of aryl methyl sites for hydroxylation is 2. The van der Waals surface area contributed by atoms with Gasteiger partial charge in [-0.1, -0.05) is 82.1 Å². The first-order valence-electron chi connectivity index (χ1n) is 19.5. The second-order valence-corrected chi connectivity index (χ2v) is 15.9. The minimum atomic E-state index is -0.853. The Hall–Kier alpha value is -5.89. The summed E-state index contributed by atoms with van der Waals surface area (Å²) in [6.07, 6.45) is 2.59. The van der Waals surface area contributed by atoms with Gasteiger partial charge in [0.05, 0.1) is 0 Å². The smallest absolute Gasteiger partial charge is 0.458 e. The van der Waals surface area contributed by atoms with E-state index in [9.17, 15) is 14.4 Å². The third kappa shape index (κ3) is 11.8. The summed E-state index contributed by atoms with van der Waals surface area (Å²) in [6.45, 7) is 11.3. The summed E-state index contributed by atoms with van der Waals surface area (Å²) in [5.41, 5.74) is 4.77. The standard InChI is InChI=1S/C43H50ClN7O7/c1-27(2)31-13-10-29(11-14-31)23-55-40-49-38-45-22-30-12-15-32(35(44)21-30)9-7-6-8-20-51(41(53)56-24-36-28(3)57-42(54)58-36)26-43(4,5)25-46-37(52)33-16-18-34(19-17-33)47-39(48-38)50-40/h10-19,21,27H,6-9,20,22-26H2,1-5H3,(H,46,52)(H2,45,47,48,49,50). The van der Waals surface area contributed by atoms with E-state index in [1.54, 1.807) is 36.1 Å². The van der Waals surface area contributed by atoms with E-state index < -0.39 is 17.3 Å². The lowest BCUT2D eigenvalue weighted by molar-refractivity contribution is 0.0732. The molecule has 0 atom stereocenters. The summed E-state index contributed by atoms with van der Waals surface area (Å²) in [6, 6.07) is 21.3. The fraction of sp³-hybridized carbons (Fsp3) is 0.395. The van der Waals surface area contributed by atoms with Crippen molar-refractivity contribution < 1.29 is 27.9 Å². The number of anilines is 3. The molecule has 0 saturated carbocycles. The molecule has 306 valence electrons. The molecule has 2 amide bonds. The van der Waals surface area contributed by atoms with Crippen LogP contribution < -0.4 is 26.5 Å². The van der Waals surface area contributed by atoms with E-state index in [1.165, 1.54) is 5.56 Å². The van der Waals surface area contributed by atoms with Crippen molar-refractivity contribution in [3.63, 3.8) is 0 Å². The highest BCUT2D eigenvalue weighted by Gasteiger charge is 2.27. The quantitative estimate of drug-likeness (QED) is 0.149. The van der Waals surface area contributed by atoms with Gasteiger partial charge in [-0.3, -0.25) is 4.79 Å². The maximum atomic E-state index is 13.4. The van der Waals surface area contributed by atoms with E-state index >= 15 is 0 Å². The molecule has 0 spiro atoms. The molecule has 8 rings (SSSR count). The van der Waals surface area contributed by atoms with Crippen LogP contribution in [-0.2, 0) is 30.9 Å². The van der Waals surface area contributed by atoms with Gasteiger partial charge in [-0.15, -0.1) is 0 Å². The number of hydrogen-bond donors (Lipinski definition) is 3. The number of ether oxygens (including phenoxy) is 2. The number of amides is 2. The monoisotopic (exact) mass is 811 g/mol. The SMILES string of the molecule is Cc1oc(=O)oc1COC(=O)N1CCCCCc2ccc(cc2Cl)CNc2nc(nc(OCc3ccc(C(C)C)cc3)n2)Nc2ccc(cc2)C(=O)NCC(C)(C)C1. The largest absolute Gasteiger partial charge is 0.519 e. The highest BCUT2D eigenvalue weighted by Crippen LogP contribution is 2.24. The van der Waals surface area contributed by atoms with Crippen molar-refractivity contribution in [1.82, 2.24) is 25.2 Å². The first kappa shape index (κ1) is 41.7. The Bertz CT molecular complexity index is 2240. The topological polar surface area (TPSA) is 174 Å². The average molecular weight is 812 g/mol. The van der Waals surface area contributed by atoms with E-state index in [1.807, 2.05) is 44.2 Å². The van der Waals surface area contributed by atoms with E-state index in [2.05, 4.69) is 56.9 Å². The number of carbonyl (C=O) groups excluding carboxylic acids is 2. The van der Waals surface area contributed by atoms with Crippen LogP contribution in [0.1, 0.15) is 97.0 Å². The van der Waals surface area contributed by atoms with E-state index in [0.717, 1.165) is 36.0 Å². The number of nitrogens with one attached hydrogen (secondary N) is 3. The first-order chi connectivity index (χ1) is 27.8. The molecular weight excluding hydrogens is 762 g/mol. The van der Waals surface area contributed by atoms with Crippen molar-refractivity contribution in [2.24, 2.45) is 5.41 Å². The molecule has 6 bridgehead atoms. The van der Waals surface area contributed by atoms with Gasteiger partial charge in [0.25, 0.3) is 5.91 Å². The molecule has 14 nitrogen and oxygen atoms in total. The third-order valence-corrected chi connectivity index (χ3v) is 10.1. The zero-order valence-electron chi connectivity index (χ0n) is 33.5. The highest BCUT2D eigenvalue weighted by atomic mass is 35.5. The molecule has 15 heteroatoms. The van der Waals surface area contributed by atoms with Crippen LogP contribution >= 0.6 is 11.6 Å². The lowest BCUT2D eigenvalue weighted by Gasteiger charge is -2.32. The van der Waals surface area contributed by atoms with Gasteiger partial charge in [-0.05, 0) is 90.1 Å². The average Bonchev–Trinajstić information content (AvgIpc) is 3.53. The van der Waals surface area contributed by atoms with Gasteiger partial charge in [0, 0.05) is 42.5 Å². The molecular formula is C43H50ClN7O7. The molecule has 0 saturated heterocycles. The molecule has 0 radical (unpaired) electrons. The van der Waals surface area contributed by atoms with E-state index in [4.69, 9.17) is 29.9 Å². The molecule has 5 heterocycles. The Morgan fingerprint density at radius 3 is 2.38 bits per heavy atom. The Morgan fingerprint density at radius 1 is 0.914 bits per heavy atom. The fourth-order valence-corrected chi connectivity index (χ4v) is 6.67. The lowest BCUT2D eigenvalue weighted by Crippen LogP contribution is -2.45. The Kier molecular flexibility index (Phi) is 13.7. The molecule has 3 aliphatic rings. The summed E-state index contributed by atoms with van der Waals surface area (Å²) in [5, 5.41) is 10.2. The third-order valence-electron chi connectivity index (χ3n) is 9.74. The fourth-order valence-electron chi connectivity index (χ4n) is 6.37. The maximum Gasteiger partial charge on any atom is 0.519 e. The lowest BCUT2D eigenvalue weighted by atomic mass is 9.92. The van der Waals surface area contributed by atoms with Crippen molar-refractivity contribution in [3.8, 4) is 6.01 Å². The van der Waals surface area contributed by atoms with Crippen LogP contribution in [0.4, 0.5) is 22.4 Å². The van der Waals surface area contributed by atoms with E-state index in [0.29, 0.717) is 54.2 Å². The summed E-state index contributed by atoms with van der Waals surface area (Å²) in [7, 11) is 0. The molecule has 0 unspecified atom stereocenters. The first-order valence-corrected chi connectivity index (χ1v) is 19.8. The van der Waals surface area contributed by atoms with Crippen LogP contribution in [0, 0.1) is 12.3 Å².